The third-order valence-corrected chi connectivity index (χ3v) is 5.62. The molecule has 2 aliphatic heterocycles. The van der Waals surface area contributed by atoms with Crippen molar-refractivity contribution in [2.75, 3.05) is 0 Å². The first-order valence-electron chi connectivity index (χ1n) is 8.35. The Morgan fingerprint density at radius 2 is 2.15 bits per heavy atom. The summed E-state index contributed by atoms with van der Waals surface area (Å²) in [7, 11) is 0. The van der Waals surface area contributed by atoms with E-state index in [4.69, 9.17) is 4.74 Å². The number of benzene rings is 1. The smallest absolute Gasteiger partial charge is 0.414 e. The van der Waals surface area contributed by atoms with E-state index < -0.39 is 35.4 Å². The number of thioether (sulfide) groups is 1. The number of fused-ring (bicyclic) bond motifs is 4. The van der Waals surface area contributed by atoms with Crippen LogP contribution in [0.15, 0.2) is 23.2 Å². The maximum absolute atomic E-state index is 14.4. The van der Waals surface area contributed by atoms with E-state index in [0.717, 1.165) is 0 Å². The lowest BCUT2D eigenvalue weighted by Gasteiger charge is -2.33. The fourth-order valence-corrected chi connectivity index (χ4v) is 4.44. The van der Waals surface area contributed by atoms with Crippen molar-refractivity contribution in [3.05, 3.63) is 35.1 Å². The van der Waals surface area contributed by atoms with Crippen LogP contribution in [-0.4, -0.2) is 38.7 Å². The van der Waals surface area contributed by atoms with Gasteiger partial charge in [-0.3, -0.25) is 9.80 Å². The maximum Gasteiger partial charge on any atom is 0.414 e. The van der Waals surface area contributed by atoms with Crippen LogP contribution in [0.3, 0.4) is 0 Å². The molecule has 0 spiro atoms. The largest absolute Gasteiger partial charge is 0.444 e. The van der Waals surface area contributed by atoms with E-state index in [2.05, 4.69) is 17.5 Å². The van der Waals surface area contributed by atoms with Crippen LogP contribution in [-0.2, 0) is 4.74 Å². The lowest BCUT2D eigenvalue weighted by atomic mass is 9.78. The predicted octanol–water partition coefficient (Wildman–Crippen LogP) is 4.14. The lowest BCUT2D eigenvalue weighted by Crippen LogP contribution is -2.51. The Bertz CT molecular complexity index is 797. The van der Waals surface area contributed by atoms with Gasteiger partial charge < -0.3 is 9.53 Å². The summed E-state index contributed by atoms with van der Waals surface area (Å²) in [6, 6.07) is 3.74. The Kier molecular flexibility index (Phi) is 5.14. The van der Waals surface area contributed by atoms with Crippen molar-refractivity contribution < 1.29 is 18.7 Å². The highest BCUT2D eigenvalue weighted by Crippen LogP contribution is 2.38. The van der Waals surface area contributed by atoms with Crippen LogP contribution in [0, 0.1) is 5.82 Å². The molecule has 0 aromatic heterocycles. The highest BCUT2D eigenvalue weighted by atomic mass is 32.2. The van der Waals surface area contributed by atoms with Crippen LogP contribution < -0.4 is 0 Å². The van der Waals surface area contributed by atoms with E-state index in [0.29, 0.717) is 22.7 Å². The first-order valence-corrected chi connectivity index (χ1v) is 9.75. The second kappa shape index (κ2) is 6.92. The number of ether oxygens (including phenoxy) is 1. The van der Waals surface area contributed by atoms with Crippen LogP contribution in [0.5, 0.6) is 0 Å². The van der Waals surface area contributed by atoms with Gasteiger partial charge >= 0.3 is 12.2 Å². The average molecular weight is 394 g/mol. The second-order valence-corrected chi connectivity index (χ2v) is 9.31. The number of carbonyl (C=O) groups is 2. The molecule has 2 heterocycles. The lowest BCUT2D eigenvalue weighted by molar-refractivity contribution is 0.0459. The third-order valence-electron chi connectivity index (χ3n) is 4.04. The molecule has 5 nitrogen and oxygen atoms in total. The molecule has 2 aliphatic rings. The number of thiol groups is 1. The molecule has 2 unspecified atom stereocenters. The first-order chi connectivity index (χ1) is 12.1. The maximum atomic E-state index is 14.4. The van der Waals surface area contributed by atoms with Crippen LogP contribution >= 0.6 is 24.2 Å². The molecule has 0 radical (unpaired) electrons. The third kappa shape index (κ3) is 3.78. The minimum Gasteiger partial charge on any atom is -0.444 e. The van der Waals surface area contributed by atoms with Crippen LogP contribution in [0.4, 0.5) is 9.18 Å². The summed E-state index contributed by atoms with van der Waals surface area (Å²) in [6.07, 6.45) is -1.18. The van der Waals surface area contributed by atoms with Gasteiger partial charge in [-0.2, -0.15) is 12.5 Å². The molecule has 0 aliphatic carbocycles. The Labute approximate surface area is 162 Å². The van der Waals surface area contributed by atoms with Gasteiger partial charge in [-0.25, -0.2) is 9.18 Å². The van der Waals surface area contributed by atoms with Gasteiger partial charge in [0.25, 0.3) is 0 Å². The zero-order valence-electron chi connectivity index (χ0n) is 15.0. The summed E-state index contributed by atoms with van der Waals surface area (Å²) in [5.41, 5.74) is -0.465. The monoisotopic (exact) mass is 394 g/mol. The van der Waals surface area contributed by atoms with Gasteiger partial charge in [0.15, 0.2) is 10.9 Å². The highest BCUT2D eigenvalue weighted by Gasteiger charge is 2.42. The zero-order chi connectivity index (χ0) is 19.2. The summed E-state index contributed by atoms with van der Waals surface area (Å²) in [5, 5.41) is 0.424. The molecule has 26 heavy (non-hydrogen) atoms. The number of amides is 1. The molecule has 4 bridgehead atoms. The van der Waals surface area contributed by atoms with Crippen LogP contribution in [0.25, 0.3) is 0 Å². The molecule has 1 aromatic carbocycles. The zero-order valence-corrected chi connectivity index (χ0v) is 16.7. The van der Waals surface area contributed by atoms with E-state index in [1.54, 1.807) is 20.8 Å². The van der Waals surface area contributed by atoms with Crippen molar-refractivity contribution in [3.8, 4) is 0 Å². The van der Waals surface area contributed by atoms with Gasteiger partial charge in [-0.15, -0.1) is 0 Å². The fraction of sp³-hybridized carbons (Fsp3) is 0.471. The summed E-state index contributed by atoms with van der Waals surface area (Å²) < 4.78 is 19.8. The van der Waals surface area contributed by atoms with Gasteiger partial charge in [0, 0.05) is 16.4 Å². The number of rotatable bonds is 0. The van der Waals surface area contributed by atoms with E-state index in [1.807, 2.05) is 6.92 Å². The second-order valence-electron chi connectivity index (χ2n) is 7.42. The van der Waals surface area contributed by atoms with Crippen molar-refractivity contribution in [3.63, 3.8) is 0 Å². The van der Waals surface area contributed by atoms with Crippen molar-refractivity contribution in [2.24, 2.45) is 4.99 Å². The quantitative estimate of drug-likeness (QED) is 0.531. The van der Waals surface area contributed by atoms with Crippen molar-refractivity contribution in [1.82, 2.24) is 4.81 Å². The minimum absolute atomic E-state index is 0.0919. The molecule has 0 saturated heterocycles. The number of carbonyl (C=O) groups excluding carboxylic acids is 2. The van der Waals surface area contributed by atoms with E-state index in [9.17, 15) is 14.0 Å². The Balaban J connectivity index is 2.13. The number of nitrogens with zero attached hydrogens (tertiary/aromatic N) is 2. The summed E-state index contributed by atoms with van der Waals surface area (Å²) in [4.78, 5) is 31.4. The highest BCUT2D eigenvalue weighted by molar-refractivity contribution is 8.16. The summed E-state index contributed by atoms with van der Waals surface area (Å²) >= 11 is 5.75. The number of amidine groups is 1. The van der Waals surface area contributed by atoms with Gasteiger partial charge in [-0.05, 0) is 45.4 Å². The summed E-state index contributed by atoms with van der Waals surface area (Å²) in [6.45, 7) is 7.22. The molecule has 9 heteroatoms. The number of hydrogen-bond donors (Lipinski definition) is 1. The first kappa shape index (κ1) is 19.3. The van der Waals surface area contributed by atoms with Gasteiger partial charge in [0.1, 0.15) is 11.4 Å². The van der Waals surface area contributed by atoms with Gasteiger partial charge in [0.05, 0.1) is 6.04 Å². The molecule has 2 atom stereocenters. The fourth-order valence-electron chi connectivity index (χ4n) is 2.89. The molecule has 1 aromatic rings. The standard InChI is InChI=1S/C17H20BFN2O3S2/c1-9-7-13-11-8-10(5-6-12(11)19)14(22)18(25)21(15(20-13)26-9)16(23)24-17(2,3)4/h5-6,8-9,13,25H,7H2,1-4H3. The average Bonchev–Trinajstić information content (AvgIpc) is 2.53. The van der Waals surface area contributed by atoms with E-state index >= 15 is 0 Å². The van der Waals surface area contributed by atoms with E-state index in [-0.39, 0.29) is 5.25 Å². The van der Waals surface area contributed by atoms with Crippen molar-refractivity contribution >= 4 is 47.3 Å². The molecular weight excluding hydrogens is 374 g/mol. The molecular formula is C17H20BFN2O3S2. The van der Waals surface area contributed by atoms with Crippen LogP contribution in [0.1, 0.15) is 56.1 Å². The van der Waals surface area contributed by atoms with Crippen molar-refractivity contribution in [1.29, 1.82) is 0 Å². The molecule has 0 N–H and O–H groups in total. The van der Waals surface area contributed by atoms with E-state index in [1.165, 1.54) is 34.8 Å². The Morgan fingerprint density at radius 3 is 2.81 bits per heavy atom. The van der Waals surface area contributed by atoms with Crippen LogP contribution in [0.2, 0.25) is 0 Å². The Hall–Kier alpha value is -1.48. The van der Waals surface area contributed by atoms with Gasteiger partial charge in [-0.1, -0.05) is 18.7 Å². The van der Waals surface area contributed by atoms with Gasteiger partial charge in [0.2, 0.25) is 0 Å². The molecule has 0 fully saturated rings. The predicted molar refractivity (Wildman–Crippen MR) is 105 cm³/mol. The topological polar surface area (TPSA) is 59.0 Å². The molecule has 1 amide bonds. The molecule has 0 saturated carbocycles. The Morgan fingerprint density at radius 1 is 1.46 bits per heavy atom. The number of hydrogen-bond acceptors (Lipinski definition) is 6. The minimum atomic E-state index is -1.10. The SMILES string of the molecule is CC1CC2N=C(S1)N(C(=O)OC(C)(C)C)B(S)C(=O)c1ccc(F)c2c1. The molecule has 138 valence electrons. The summed E-state index contributed by atoms with van der Waals surface area (Å²) in [5.74, 6) is -0.407. The normalized spacial score (nSPS) is 23.0. The number of halogens is 1. The number of aliphatic imine (C=N–C) groups is 1. The van der Waals surface area contributed by atoms with Crippen molar-refractivity contribution in [2.45, 2.75) is 51.0 Å². The molecule has 3 rings (SSSR count).